The molecule has 14 heavy (non-hydrogen) atoms. The number of nitrogens with one attached hydrogen (secondary N) is 1. The average Bonchev–Trinajstić information content (AvgIpc) is 2.67. The highest BCUT2D eigenvalue weighted by Crippen LogP contribution is 2.10. The minimum Gasteiger partial charge on any atom is -0.356 e. The molecular weight excluding hydrogens is 201 g/mol. The molecule has 1 aromatic carbocycles. The van der Waals surface area contributed by atoms with Gasteiger partial charge in [0, 0.05) is 18.1 Å². The summed E-state index contributed by atoms with van der Waals surface area (Å²) in [5.41, 5.74) is 0.889. The minimum atomic E-state index is -0.221. The normalized spacial score (nSPS) is 10.1. The number of nitrogens with zero attached hydrogens (tertiary/aromatic N) is 2. The first-order valence-corrected chi connectivity index (χ1v) is 4.87. The summed E-state index contributed by atoms with van der Waals surface area (Å²) >= 11 is 1.28. The molecule has 0 amide bonds. The van der Waals surface area contributed by atoms with E-state index in [-0.39, 0.29) is 5.82 Å². The average molecular weight is 209 g/mol. The van der Waals surface area contributed by atoms with E-state index >= 15 is 0 Å². The summed E-state index contributed by atoms with van der Waals surface area (Å²) in [5.74, 6) is -0.221. The largest absolute Gasteiger partial charge is 0.356 e. The Morgan fingerprint density at radius 1 is 1.43 bits per heavy atom. The van der Waals surface area contributed by atoms with E-state index in [0.29, 0.717) is 6.54 Å². The van der Waals surface area contributed by atoms with Crippen LogP contribution in [0.2, 0.25) is 0 Å². The Hall–Kier alpha value is -1.49. The Morgan fingerprint density at radius 2 is 2.36 bits per heavy atom. The van der Waals surface area contributed by atoms with E-state index in [1.165, 1.54) is 30.0 Å². The van der Waals surface area contributed by atoms with E-state index in [4.69, 9.17) is 0 Å². The summed E-state index contributed by atoms with van der Waals surface area (Å²) in [7, 11) is 0. The SMILES string of the molecule is Fc1cccc(CNc2ncns2)c1. The number of rotatable bonds is 3. The third kappa shape index (κ3) is 2.26. The molecule has 1 heterocycles. The van der Waals surface area contributed by atoms with Gasteiger partial charge in [-0.3, -0.25) is 0 Å². The molecule has 0 spiro atoms. The Bertz CT molecular complexity index is 402. The molecule has 1 N–H and O–H groups in total. The third-order valence-corrected chi connectivity index (χ3v) is 2.32. The molecule has 0 aliphatic heterocycles. The second-order valence-corrected chi connectivity index (χ2v) is 3.51. The quantitative estimate of drug-likeness (QED) is 0.842. The molecule has 2 rings (SSSR count). The highest BCUT2D eigenvalue weighted by molar-refractivity contribution is 7.09. The molecule has 5 heteroatoms. The molecule has 0 unspecified atom stereocenters. The van der Waals surface area contributed by atoms with Gasteiger partial charge in [0.25, 0.3) is 0 Å². The van der Waals surface area contributed by atoms with Crippen molar-refractivity contribution in [3.63, 3.8) is 0 Å². The highest BCUT2D eigenvalue weighted by Gasteiger charge is 1.97. The van der Waals surface area contributed by atoms with Crippen LogP contribution < -0.4 is 5.32 Å². The summed E-state index contributed by atoms with van der Waals surface area (Å²) < 4.78 is 16.6. The van der Waals surface area contributed by atoms with Crippen LogP contribution in [-0.4, -0.2) is 9.36 Å². The van der Waals surface area contributed by atoms with Crippen molar-refractivity contribution in [1.29, 1.82) is 0 Å². The van der Waals surface area contributed by atoms with Crippen molar-refractivity contribution in [1.82, 2.24) is 9.36 Å². The summed E-state index contributed by atoms with van der Waals surface area (Å²) in [6, 6.07) is 6.46. The first-order chi connectivity index (χ1) is 6.84. The Labute approximate surface area is 84.8 Å². The summed E-state index contributed by atoms with van der Waals surface area (Å²) in [5, 5.41) is 3.79. The molecular formula is C9H8FN3S. The molecule has 2 aromatic rings. The maximum atomic E-state index is 12.8. The van der Waals surface area contributed by atoms with Gasteiger partial charge in [0.2, 0.25) is 5.13 Å². The van der Waals surface area contributed by atoms with Gasteiger partial charge in [0.1, 0.15) is 12.1 Å². The van der Waals surface area contributed by atoms with Gasteiger partial charge >= 0.3 is 0 Å². The fourth-order valence-electron chi connectivity index (χ4n) is 1.08. The van der Waals surface area contributed by atoms with Crippen LogP contribution in [0.5, 0.6) is 0 Å². The van der Waals surface area contributed by atoms with Crippen LogP contribution >= 0.6 is 11.5 Å². The van der Waals surface area contributed by atoms with Crippen LogP contribution in [0.4, 0.5) is 9.52 Å². The number of benzene rings is 1. The molecule has 0 saturated carbocycles. The van der Waals surface area contributed by atoms with Crippen LogP contribution in [0, 0.1) is 5.82 Å². The molecule has 0 aliphatic carbocycles. The molecule has 0 atom stereocenters. The van der Waals surface area contributed by atoms with Crippen LogP contribution in [0.3, 0.4) is 0 Å². The lowest BCUT2D eigenvalue weighted by molar-refractivity contribution is 0.626. The van der Waals surface area contributed by atoms with Crippen molar-refractivity contribution in [3.8, 4) is 0 Å². The second-order valence-electron chi connectivity index (χ2n) is 2.73. The smallest absolute Gasteiger partial charge is 0.202 e. The maximum absolute atomic E-state index is 12.8. The van der Waals surface area contributed by atoms with Crippen molar-refractivity contribution in [2.45, 2.75) is 6.54 Å². The number of halogens is 1. The summed E-state index contributed by atoms with van der Waals surface area (Å²) in [4.78, 5) is 3.96. The summed E-state index contributed by atoms with van der Waals surface area (Å²) in [6.45, 7) is 0.562. The number of anilines is 1. The summed E-state index contributed by atoms with van der Waals surface area (Å²) in [6.07, 6.45) is 1.48. The van der Waals surface area contributed by atoms with Crippen molar-refractivity contribution in [2.24, 2.45) is 0 Å². The Kier molecular flexibility index (Phi) is 2.69. The van der Waals surface area contributed by atoms with Gasteiger partial charge in [-0.15, -0.1) is 0 Å². The lowest BCUT2D eigenvalue weighted by atomic mass is 10.2. The first kappa shape index (κ1) is 9.08. The first-order valence-electron chi connectivity index (χ1n) is 4.09. The fraction of sp³-hybridized carbons (Fsp3) is 0.111. The van der Waals surface area contributed by atoms with Gasteiger partial charge in [-0.25, -0.2) is 9.37 Å². The van der Waals surface area contributed by atoms with Crippen LogP contribution in [-0.2, 0) is 6.54 Å². The van der Waals surface area contributed by atoms with Crippen molar-refractivity contribution in [2.75, 3.05) is 5.32 Å². The van der Waals surface area contributed by atoms with E-state index in [2.05, 4.69) is 14.7 Å². The number of hydrogen-bond acceptors (Lipinski definition) is 4. The predicted octanol–water partition coefficient (Wildman–Crippen LogP) is 2.29. The lowest BCUT2D eigenvalue weighted by Gasteiger charge is -2.01. The second kappa shape index (κ2) is 4.15. The zero-order valence-corrected chi connectivity index (χ0v) is 8.09. The zero-order chi connectivity index (χ0) is 9.80. The van der Waals surface area contributed by atoms with Gasteiger partial charge in [-0.1, -0.05) is 12.1 Å². The molecule has 0 bridgehead atoms. The monoisotopic (exact) mass is 209 g/mol. The van der Waals surface area contributed by atoms with Gasteiger partial charge in [0.05, 0.1) is 0 Å². The van der Waals surface area contributed by atoms with Gasteiger partial charge < -0.3 is 5.32 Å². The predicted molar refractivity (Wildman–Crippen MR) is 53.6 cm³/mol. The molecule has 0 fully saturated rings. The molecule has 1 aromatic heterocycles. The molecule has 3 nitrogen and oxygen atoms in total. The van der Waals surface area contributed by atoms with E-state index in [9.17, 15) is 4.39 Å². The van der Waals surface area contributed by atoms with Crippen LogP contribution in [0.25, 0.3) is 0 Å². The van der Waals surface area contributed by atoms with Gasteiger partial charge in [-0.2, -0.15) is 4.37 Å². The molecule has 0 aliphatic rings. The van der Waals surface area contributed by atoms with Crippen LogP contribution in [0.1, 0.15) is 5.56 Å². The van der Waals surface area contributed by atoms with E-state index in [1.807, 2.05) is 6.07 Å². The van der Waals surface area contributed by atoms with Crippen molar-refractivity contribution >= 4 is 16.7 Å². The van der Waals surface area contributed by atoms with Gasteiger partial charge in [-0.05, 0) is 17.7 Å². The van der Waals surface area contributed by atoms with Gasteiger partial charge in [0.15, 0.2) is 0 Å². The highest BCUT2D eigenvalue weighted by atomic mass is 32.1. The van der Waals surface area contributed by atoms with E-state index < -0.39 is 0 Å². The lowest BCUT2D eigenvalue weighted by Crippen LogP contribution is -1.98. The minimum absolute atomic E-state index is 0.221. The van der Waals surface area contributed by atoms with E-state index in [0.717, 1.165) is 10.7 Å². The molecule has 72 valence electrons. The maximum Gasteiger partial charge on any atom is 0.202 e. The topological polar surface area (TPSA) is 37.8 Å². The molecule has 0 radical (unpaired) electrons. The fourth-order valence-corrected chi connectivity index (χ4v) is 1.50. The number of hydrogen-bond donors (Lipinski definition) is 1. The zero-order valence-electron chi connectivity index (χ0n) is 7.27. The van der Waals surface area contributed by atoms with E-state index in [1.54, 1.807) is 6.07 Å². The molecule has 0 saturated heterocycles. The standard InChI is InChI=1S/C9H8FN3S/c10-8-3-1-2-7(4-8)5-11-9-12-6-13-14-9/h1-4,6H,5H2,(H,11,12,13). The van der Waals surface area contributed by atoms with Crippen molar-refractivity contribution < 1.29 is 4.39 Å². The third-order valence-electron chi connectivity index (χ3n) is 1.69. The Balaban J connectivity index is 1.98. The number of aromatic nitrogens is 2. The Morgan fingerprint density at radius 3 is 3.07 bits per heavy atom. The van der Waals surface area contributed by atoms with Crippen molar-refractivity contribution in [3.05, 3.63) is 42.0 Å². The van der Waals surface area contributed by atoms with Crippen LogP contribution in [0.15, 0.2) is 30.6 Å².